The van der Waals surface area contributed by atoms with Crippen molar-refractivity contribution in [1.82, 2.24) is 10.2 Å². The molecular formula is C41H78N2. The average molecular weight is 599 g/mol. The molecule has 0 rings (SSSR count). The lowest BCUT2D eigenvalue weighted by Crippen LogP contribution is -2.50. The van der Waals surface area contributed by atoms with Gasteiger partial charge in [0.1, 0.15) is 0 Å². The third kappa shape index (κ3) is 30.7. The monoisotopic (exact) mass is 599 g/mol. The lowest BCUT2D eigenvalue weighted by Gasteiger charge is -2.36. The van der Waals surface area contributed by atoms with Gasteiger partial charge in [-0.15, -0.1) is 0 Å². The van der Waals surface area contributed by atoms with Gasteiger partial charge in [0.05, 0.1) is 0 Å². The summed E-state index contributed by atoms with van der Waals surface area (Å²) in [6, 6.07) is 0. The fourth-order valence-corrected chi connectivity index (χ4v) is 6.12. The van der Waals surface area contributed by atoms with Crippen molar-refractivity contribution >= 4 is 0 Å². The summed E-state index contributed by atoms with van der Waals surface area (Å²) in [5.74, 6) is 0. The van der Waals surface area contributed by atoms with Crippen molar-refractivity contribution in [3.63, 3.8) is 0 Å². The maximum Gasteiger partial charge on any atom is 0.0305 e. The summed E-state index contributed by atoms with van der Waals surface area (Å²) in [6.45, 7) is 5.70. The third-order valence-corrected chi connectivity index (χ3v) is 8.86. The van der Waals surface area contributed by atoms with Crippen LogP contribution < -0.4 is 5.32 Å². The molecule has 43 heavy (non-hydrogen) atoms. The summed E-state index contributed by atoms with van der Waals surface area (Å²) in [5, 5.41) is 3.78. The number of allylic oxidation sites excluding steroid dienone is 8. The summed E-state index contributed by atoms with van der Waals surface area (Å²) in [7, 11) is 6.68. The van der Waals surface area contributed by atoms with Gasteiger partial charge in [0.15, 0.2) is 0 Å². The fourth-order valence-electron chi connectivity index (χ4n) is 6.12. The molecule has 0 aliphatic heterocycles. The first-order valence-corrected chi connectivity index (χ1v) is 19.0. The normalized spacial score (nSPS) is 12.9. The van der Waals surface area contributed by atoms with E-state index in [9.17, 15) is 0 Å². The molecule has 0 radical (unpaired) electrons. The molecule has 0 saturated heterocycles. The SMILES string of the molecule is CCCCC/C=C\C/C=C\CCCCCCCCC(CCCCCCCC/C=C\C/C=C\CCCCC)(CN(C)C)NC. The van der Waals surface area contributed by atoms with Gasteiger partial charge in [-0.1, -0.05) is 152 Å². The fraction of sp³-hybridized carbons (Fsp3) is 0.805. The molecule has 0 atom stereocenters. The molecule has 252 valence electrons. The smallest absolute Gasteiger partial charge is 0.0305 e. The van der Waals surface area contributed by atoms with Gasteiger partial charge in [-0.3, -0.25) is 0 Å². The number of nitrogens with zero attached hydrogens (tertiary/aromatic N) is 1. The topological polar surface area (TPSA) is 15.3 Å². The van der Waals surface area contributed by atoms with E-state index in [1.165, 1.54) is 154 Å². The molecule has 0 aliphatic carbocycles. The third-order valence-electron chi connectivity index (χ3n) is 8.86. The van der Waals surface area contributed by atoms with Gasteiger partial charge in [-0.05, 0) is 98.2 Å². The van der Waals surface area contributed by atoms with E-state index < -0.39 is 0 Å². The number of unbranched alkanes of at least 4 members (excludes halogenated alkanes) is 18. The molecule has 0 unspecified atom stereocenters. The van der Waals surface area contributed by atoms with Crippen LogP contribution in [0.25, 0.3) is 0 Å². The van der Waals surface area contributed by atoms with Crippen molar-refractivity contribution in [2.24, 2.45) is 0 Å². The molecule has 1 N–H and O–H groups in total. The van der Waals surface area contributed by atoms with Gasteiger partial charge in [-0.25, -0.2) is 0 Å². The highest BCUT2D eigenvalue weighted by atomic mass is 15.1. The molecule has 0 fully saturated rings. The summed E-state index contributed by atoms with van der Waals surface area (Å²) >= 11 is 0. The Bertz CT molecular complexity index is 609. The van der Waals surface area contributed by atoms with Crippen LogP contribution >= 0.6 is 0 Å². The zero-order valence-electron chi connectivity index (χ0n) is 30.2. The minimum atomic E-state index is 0.286. The van der Waals surface area contributed by atoms with E-state index >= 15 is 0 Å². The lowest BCUT2D eigenvalue weighted by atomic mass is 9.85. The molecule has 0 aromatic carbocycles. The second-order valence-corrected chi connectivity index (χ2v) is 13.4. The molecule has 0 aromatic heterocycles. The van der Waals surface area contributed by atoms with Gasteiger partial charge < -0.3 is 10.2 Å². The van der Waals surface area contributed by atoms with Crippen molar-refractivity contribution in [2.45, 2.75) is 186 Å². The first-order chi connectivity index (χ1) is 21.1. The molecule has 0 amide bonds. The first-order valence-electron chi connectivity index (χ1n) is 19.0. The Morgan fingerprint density at radius 2 is 0.767 bits per heavy atom. The molecular weight excluding hydrogens is 520 g/mol. The first kappa shape index (κ1) is 41.9. The standard InChI is InChI=1S/C41H78N2/c1-6-8-10-12-14-16-18-20-22-24-26-28-30-32-34-36-38-41(42-3,40-43(4)5)39-37-35-33-31-29-27-25-23-21-19-17-15-13-11-9-7-2/h14-17,20-23,42H,6-13,18-19,24-40H2,1-5H3/b16-14-,17-15-,22-20-,23-21-. The lowest BCUT2D eigenvalue weighted by molar-refractivity contribution is 0.205. The van der Waals surface area contributed by atoms with E-state index in [1.807, 2.05) is 0 Å². The molecule has 2 heteroatoms. The Labute approximate surface area is 272 Å². The van der Waals surface area contributed by atoms with Crippen LogP contribution in [0.2, 0.25) is 0 Å². The maximum atomic E-state index is 3.78. The van der Waals surface area contributed by atoms with Crippen LogP contribution in [0.3, 0.4) is 0 Å². The van der Waals surface area contributed by atoms with E-state index in [0.717, 1.165) is 19.4 Å². The summed E-state index contributed by atoms with van der Waals surface area (Å²) in [5.41, 5.74) is 0.286. The Morgan fingerprint density at radius 1 is 0.442 bits per heavy atom. The minimum Gasteiger partial charge on any atom is -0.313 e. The van der Waals surface area contributed by atoms with Crippen LogP contribution in [0.5, 0.6) is 0 Å². The Morgan fingerprint density at radius 3 is 1.09 bits per heavy atom. The predicted octanol–water partition coefficient (Wildman–Crippen LogP) is 12.9. The largest absolute Gasteiger partial charge is 0.313 e. The second-order valence-electron chi connectivity index (χ2n) is 13.4. The van der Waals surface area contributed by atoms with Crippen LogP contribution in [0.15, 0.2) is 48.6 Å². The molecule has 0 heterocycles. The van der Waals surface area contributed by atoms with Gasteiger partial charge >= 0.3 is 0 Å². The number of nitrogens with one attached hydrogen (secondary N) is 1. The van der Waals surface area contributed by atoms with Crippen molar-refractivity contribution in [3.8, 4) is 0 Å². The van der Waals surface area contributed by atoms with Gasteiger partial charge in [0.2, 0.25) is 0 Å². The Kier molecular flexibility index (Phi) is 32.9. The van der Waals surface area contributed by atoms with E-state index in [0.29, 0.717) is 0 Å². The van der Waals surface area contributed by atoms with Crippen molar-refractivity contribution in [3.05, 3.63) is 48.6 Å². The number of rotatable bonds is 33. The highest BCUT2D eigenvalue weighted by Gasteiger charge is 2.27. The van der Waals surface area contributed by atoms with Crippen LogP contribution in [0.1, 0.15) is 181 Å². The minimum absolute atomic E-state index is 0.286. The van der Waals surface area contributed by atoms with Crippen LogP contribution in [-0.2, 0) is 0 Å². The molecule has 0 spiro atoms. The zero-order valence-corrected chi connectivity index (χ0v) is 30.2. The molecule has 0 aliphatic rings. The van der Waals surface area contributed by atoms with Crippen LogP contribution in [-0.4, -0.2) is 38.1 Å². The van der Waals surface area contributed by atoms with Crippen LogP contribution in [0.4, 0.5) is 0 Å². The highest BCUT2D eigenvalue weighted by molar-refractivity contribution is 4.93. The number of likely N-dealkylation sites (N-methyl/N-ethyl adjacent to an activating group) is 2. The number of hydrogen-bond acceptors (Lipinski definition) is 2. The predicted molar refractivity (Wildman–Crippen MR) is 198 cm³/mol. The van der Waals surface area contributed by atoms with Crippen molar-refractivity contribution in [1.29, 1.82) is 0 Å². The van der Waals surface area contributed by atoms with Crippen LogP contribution in [0, 0.1) is 0 Å². The Hall–Kier alpha value is -1.12. The van der Waals surface area contributed by atoms with Gasteiger partial charge in [-0.2, -0.15) is 0 Å². The van der Waals surface area contributed by atoms with Gasteiger partial charge in [0.25, 0.3) is 0 Å². The van der Waals surface area contributed by atoms with Crippen molar-refractivity contribution < 1.29 is 0 Å². The molecule has 0 aromatic rings. The number of hydrogen-bond donors (Lipinski definition) is 1. The second kappa shape index (κ2) is 33.8. The zero-order chi connectivity index (χ0) is 31.5. The highest BCUT2D eigenvalue weighted by Crippen LogP contribution is 2.24. The summed E-state index contributed by atoms with van der Waals surface area (Å²) in [4.78, 5) is 2.39. The Balaban J connectivity index is 3.89. The molecule has 0 bridgehead atoms. The molecule has 2 nitrogen and oxygen atoms in total. The summed E-state index contributed by atoms with van der Waals surface area (Å²) in [6.07, 6.45) is 53.4. The molecule has 0 saturated carbocycles. The van der Waals surface area contributed by atoms with E-state index in [2.05, 4.69) is 93.8 Å². The summed E-state index contributed by atoms with van der Waals surface area (Å²) < 4.78 is 0. The quantitative estimate of drug-likeness (QED) is 0.0597. The van der Waals surface area contributed by atoms with E-state index in [-0.39, 0.29) is 5.54 Å². The maximum absolute atomic E-state index is 3.78. The van der Waals surface area contributed by atoms with E-state index in [4.69, 9.17) is 0 Å². The van der Waals surface area contributed by atoms with Gasteiger partial charge in [0, 0.05) is 12.1 Å². The van der Waals surface area contributed by atoms with E-state index in [1.54, 1.807) is 0 Å². The average Bonchev–Trinajstić information content (AvgIpc) is 3.00. The van der Waals surface area contributed by atoms with Crippen molar-refractivity contribution in [2.75, 3.05) is 27.7 Å².